The second-order valence-corrected chi connectivity index (χ2v) is 10.3. The highest BCUT2D eigenvalue weighted by atomic mass is 32.2. The van der Waals surface area contributed by atoms with Crippen LogP contribution in [0.5, 0.6) is 5.75 Å². The summed E-state index contributed by atoms with van der Waals surface area (Å²) in [5, 5.41) is 17.0. The molecule has 0 unspecified atom stereocenters. The lowest BCUT2D eigenvalue weighted by Gasteiger charge is -2.56. The maximum atomic E-state index is 12.5. The molecule has 4 fully saturated rings. The number of halogens is 3. The second-order valence-electron chi connectivity index (χ2n) is 9.40. The van der Waals surface area contributed by atoms with Gasteiger partial charge in [-0.05, 0) is 91.0 Å². The maximum Gasteiger partial charge on any atom is 0.573 e. The molecule has 0 radical (unpaired) electrons. The number of benzene rings is 1. The number of rotatable bonds is 6. The molecule has 182 valence electrons. The Morgan fingerprint density at radius 3 is 2.29 bits per heavy atom. The number of alkyl halides is 3. The van der Waals surface area contributed by atoms with Gasteiger partial charge in [-0.2, -0.15) is 4.68 Å². The van der Waals surface area contributed by atoms with Crippen molar-refractivity contribution in [1.82, 2.24) is 30.8 Å². The molecule has 9 nitrogen and oxygen atoms in total. The molecule has 4 aliphatic rings. The Balaban J connectivity index is 1.14. The number of amides is 3. The van der Waals surface area contributed by atoms with Crippen molar-refractivity contribution in [1.29, 1.82) is 0 Å². The van der Waals surface area contributed by atoms with Crippen molar-refractivity contribution in [3.05, 3.63) is 24.3 Å². The van der Waals surface area contributed by atoms with Crippen LogP contribution in [0.25, 0.3) is 5.69 Å². The van der Waals surface area contributed by atoms with Gasteiger partial charge in [0.25, 0.3) is 0 Å². The minimum absolute atomic E-state index is 0.107. The fraction of sp³-hybridized carbons (Fsp3) is 0.571. The number of aromatic nitrogens is 4. The number of carbonyl (C=O) groups excluding carboxylic acids is 2. The van der Waals surface area contributed by atoms with E-state index in [-0.39, 0.29) is 22.2 Å². The van der Waals surface area contributed by atoms with Crippen LogP contribution in [0.1, 0.15) is 38.5 Å². The fourth-order valence-corrected chi connectivity index (χ4v) is 6.74. The minimum atomic E-state index is -4.79. The third-order valence-corrected chi connectivity index (χ3v) is 7.68. The topological polar surface area (TPSA) is 111 Å². The summed E-state index contributed by atoms with van der Waals surface area (Å²) in [6.07, 6.45) is 1.93. The zero-order chi connectivity index (χ0) is 23.9. The number of nitrogens with zero attached hydrogens (tertiary/aromatic N) is 4. The Morgan fingerprint density at radius 1 is 1.09 bits per heavy atom. The lowest BCUT2D eigenvalue weighted by molar-refractivity contribution is -0.274. The van der Waals surface area contributed by atoms with Crippen LogP contribution in [0.4, 0.5) is 18.0 Å². The monoisotopic (exact) mass is 496 g/mol. The smallest absolute Gasteiger partial charge is 0.406 e. The van der Waals surface area contributed by atoms with Crippen molar-refractivity contribution in [2.75, 3.05) is 5.75 Å². The zero-order valence-electron chi connectivity index (χ0n) is 18.0. The second kappa shape index (κ2) is 8.75. The lowest BCUT2D eigenvalue weighted by Crippen LogP contribution is -2.61. The summed E-state index contributed by atoms with van der Waals surface area (Å²) in [6.45, 7) is 0. The number of imide groups is 1. The Hall–Kier alpha value is -2.83. The summed E-state index contributed by atoms with van der Waals surface area (Å²) in [5.74, 6) is 1.05. The number of hydrogen-bond acceptors (Lipinski definition) is 7. The molecule has 0 aliphatic heterocycles. The molecule has 2 aromatic rings. The summed E-state index contributed by atoms with van der Waals surface area (Å²) in [5.41, 5.74) is 0.195. The van der Waals surface area contributed by atoms with Gasteiger partial charge < -0.3 is 10.1 Å². The van der Waals surface area contributed by atoms with Gasteiger partial charge >= 0.3 is 12.4 Å². The Labute approximate surface area is 197 Å². The zero-order valence-corrected chi connectivity index (χ0v) is 18.9. The molecule has 4 bridgehead atoms. The largest absolute Gasteiger partial charge is 0.573 e. The molecule has 6 rings (SSSR count). The molecule has 1 aromatic heterocycles. The van der Waals surface area contributed by atoms with Crippen molar-refractivity contribution in [3.63, 3.8) is 0 Å². The summed E-state index contributed by atoms with van der Waals surface area (Å²) in [6, 6.07) is 4.52. The third-order valence-electron chi connectivity index (χ3n) is 6.76. The summed E-state index contributed by atoms with van der Waals surface area (Å²) in [4.78, 5) is 24.9. The fourth-order valence-electron chi connectivity index (χ4n) is 6.05. The number of urea groups is 1. The average molecular weight is 497 g/mol. The van der Waals surface area contributed by atoms with E-state index in [1.807, 2.05) is 0 Å². The molecular weight excluding hydrogens is 473 g/mol. The van der Waals surface area contributed by atoms with E-state index in [0.717, 1.165) is 43.2 Å². The number of hydrogen-bond donors (Lipinski definition) is 2. The summed E-state index contributed by atoms with van der Waals surface area (Å²) in [7, 11) is 0. The van der Waals surface area contributed by atoms with Crippen LogP contribution in [0.3, 0.4) is 0 Å². The van der Waals surface area contributed by atoms with Crippen LogP contribution in [0, 0.1) is 17.8 Å². The molecule has 3 amide bonds. The summed E-state index contributed by atoms with van der Waals surface area (Å²) >= 11 is 1.01. The first-order chi connectivity index (χ1) is 16.2. The average Bonchev–Trinajstić information content (AvgIpc) is 3.19. The van der Waals surface area contributed by atoms with E-state index in [1.165, 1.54) is 36.1 Å². The first-order valence-electron chi connectivity index (χ1n) is 11.1. The van der Waals surface area contributed by atoms with Crippen molar-refractivity contribution in [2.24, 2.45) is 17.8 Å². The normalized spacial score (nSPS) is 27.4. The highest BCUT2D eigenvalue weighted by Crippen LogP contribution is 2.55. The van der Waals surface area contributed by atoms with E-state index in [2.05, 4.69) is 30.9 Å². The van der Waals surface area contributed by atoms with Gasteiger partial charge in [0.05, 0.1) is 11.4 Å². The standard InChI is InChI=1S/C21H23F3N6O3S/c22-21(23,24)33-16-3-1-15(2-4-16)30-19(27-28-29-30)34-11-17(31)25-18(32)26-20-8-12-5-13(9-20)7-14(6-12)10-20/h1-4,12-14H,5-11H2,(H2,25,26,31,32). The molecule has 1 aromatic carbocycles. The van der Waals surface area contributed by atoms with Crippen molar-refractivity contribution in [2.45, 2.75) is 55.6 Å². The van der Waals surface area contributed by atoms with E-state index < -0.39 is 18.3 Å². The summed E-state index contributed by atoms with van der Waals surface area (Å²) < 4.78 is 42.1. The predicted molar refractivity (Wildman–Crippen MR) is 114 cm³/mol. The number of carbonyl (C=O) groups is 2. The molecule has 0 saturated heterocycles. The molecule has 0 atom stereocenters. The molecular formula is C21H23F3N6O3S. The molecule has 4 aliphatic carbocycles. The highest BCUT2D eigenvalue weighted by Gasteiger charge is 2.51. The highest BCUT2D eigenvalue weighted by molar-refractivity contribution is 7.99. The van der Waals surface area contributed by atoms with Gasteiger partial charge in [0.2, 0.25) is 11.1 Å². The molecule has 0 spiro atoms. The molecule has 2 N–H and O–H groups in total. The number of nitrogens with one attached hydrogen (secondary N) is 2. The quantitative estimate of drug-likeness (QED) is 0.590. The van der Waals surface area contributed by atoms with E-state index in [4.69, 9.17) is 0 Å². The van der Waals surface area contributed by atoms with Gasteiger partial charge in [0.1, 0.15) is 5.75 Å². The minimum Gasteiger partial charge on any atom is -0.406 e. The van der Waals surface area contributed by atoms with Gasteiger partial charge in [-0.25, -0.2) is 4.79 Å². The first-order valence-corrected chi connectivity index (χ1v) is 12.0. The van der Waals surface area contributed by atoms with Crippen LogP contribution >= 0.6 is 11.8 Å². The van der Waals surface area contributed by atoms with Crippen LogP contribution < -0.4 is 15.4 Å². The van der Waals surface area contributed by atoms with Gasteiger partial charge in [0, 0.05) is 5.54 Å². The van der Waals surface area contributed by atoms with E-state index in [1.54, 1.807) is 0 Å². The van der Waals surface area contributed by atoms with E-state index >= 15 is 0 Å². The van der Waals surface area contributed by atoms with Crippen LogP contribution in [-0.2, 0) is 4.79 Å². The third kappa shape index (κ3) is 5.13. The van der Waals surface area contributed by atoms with Gasteiger partial charge in [-0.3, -0.25) is 10.1 Å². The van der Waals surface area contributed by atoms with Gasteiger partial charge in [-0.1, -0.05) is 11.8 Å². The van der Waals surface area contributed by atoms with E-state index in [0.29, 0.717) is 23.4 Å². The van der Waals surface area contributed by atoms with Crippen molar-refractivity contribution >= 4 is 23.7 Å². The number of thioether (sulfide) groups is 1. The van der Waals surface area contributed by atoms with Crippen LogP contribution in [0.15, 0.2) is 29.4 Å². The van der Waals surface area contributed by atoms with Gasteiger partial charge in [-0.15, -0.1) is 18.3 Å². The maximum absolute atomic E-state index is 12.5. The first kappa shape index (κ1) is 22.9. The molecule has 13 heteroatoms. The Morgan fingerprint density at radius 2 is 1.71 bits per heavy atom. The van der Waals surface area contributed by atoms with Gasteiger partial charge in [0.15, 0.2) is 0 Å². The number of tetrazole rings is 1. The Kier molecular flexibility index (Phi) is 5.90. The Bertz CT molecular complexity index is 1040. The molecule has 1 heterocycles. The van der Waals surface area contributed by atoms with E-state index in [9.17, 15) is 22.8 Å². The predicted octanol–water partition coefficient (Wildman–Crippen LogP) is 3.45. The molecule has 34 heavy (non-hydrogen) atoms. The van der Waals surface area contributed by atoms with Crippen molar-refractivity contribution in [3.8, 4) is 11.4 Å². The van der Waals surface area contributed by atoms with Crippen LogP contribution in [0.2, 0.25) is 0 Å². The van der Waals surface area contributed by atoms with Crippen LogP contribution in [-0.4, -0.2) is 49.8 Å². The SMILES string of the molecule is O=C(CSc1nnnn1-c1ccc(OC(F)(F)F)cc1)NC(=O)NC12CC3CC(CC(C3)C1)C2. The lowest BCUT2D eigenvalue weighted by atomic mass is 9.53. The number of ether oxygens (including phenoxy) is 1. The molecule has 4 saturated carbocycles. The van der Waals surface area contributed by atoms with Crippen molar-refractivity contribution < 1.29 is 27.5 Å².